The Kier molecular flexibility index (Phi) is 6.68. The van der Waals surface area contributed by atoms with E-state index in [4.69, 9.17) is 4.74 Å². The van der Waals surface area contributed by atoms with Gasteiger partial charge in [-0.15, -0.1) is 11.3 Å². The van der Waals surface area contributed by atoms with Crippen molar-refractivity contribution in [2.24, 2.45) is 0 Å². The van der Waals surface area contributed by atoms with E-state index < -0.39 is 6.04 Å². The van der Waals surface area contributed by atoms with Crippen LogP contribution in [0.25, 0.3) is 11.3 Å². The van der Waals surface area contributed by atoms with E-state index in [1.165, 1.54) is 14.0 Å². The molecule has 0 spiro atoms. The van der Waals surface area contributed by atoms with Gasteiger partial charge in [-0.1, -0.05) is 12.1 Å². The number of benzene rings is 2. The molecule has 0 aliphatic heterocycles. The number of nitrogens with one attached hydrogen (secondary N) is 3. The molecule has 0 saturated carbocycles. The number of hydrogen-bond donors (Lipinski definition) is 3. The Hall–Kier alpha value is -3.39. The summed E-state index contributed by atoms with van der Waals surface area (Å²) in [5.41, 5.74) is 3.86. The zero-order valence-electron chi connectivity index (χ0n) is 17.3. The number of hydrogen-bond acceptors (Lipinski definition) is 6. The molecular formula is C22H24N4O3S. The topological polar surface area (TPSA) is 92.4 Å². The maximum atomic E-state index is 12.7. The van der Waals surface area contributed by atoms with Gasteiger partial charge in [-0.05, 0) is 44.2 Å². The Morgan fingerprint density at radius 2 is 1.77 bits per heavy atom. The summed E-state index contributed by atoms with van der Waals surface area (Å²) in [6, 6.07) is 12.4. The molecule has 3 N–H and O–H groups in total. The number of aromatic nitrogens is 1. The lowest BCUT2D eigenvalue weighted by atomic mass is 10.1. The highest BCUT2D eigenvalue weighted by Crippen LogP contribution is 2.28. The summed E-state index contributed by atoms with van der Waals surface area (Å²) in [6.45, 7) is 5.18. The van der Waals surface area contributed by atoms with Gasteiger partial charge in [0.15, 0.2) is 0 Å². The van der Waals surface area contributed by atoms with Crippen LogP contribution in [0.4, 0.5) is 17.1 Å². The number of methoxy groups -OCH3 is 1. The van der Waals surface area contributed by atoms with Gasteiger partial charge in [-0.25, -0.2) is 4.98 Å². The molecule has 1 heterocycles. The smallest absolute Gasteiger partial charge is 0.246 e. The minimum atomic E-state index is -0.494. The number of nitrogens with zero attached hydrogens (tertiary/aromatic N) is 1. The molecule has 0 fully saturated rings. The normalized spacial score (nSPS) is 11.5. The highest BCUT2D eigenvalue weighted by atomic mass is 32.1. The van der Waals surface area contributed by atoms with Crippen LogP contribution in [0, 0.1) is 6.92 Å². The van der Waals surface area contributed by atoms with E-state index in [1.807, 2.05) is 36.6 Å². The highest BCUT2D eigenvalue weighted by molar-refractivity contribution is 7.09. The molecule has 1 unspecified atom stereocenters. The summed E-state index contributed by atoms with van der Waals surface area (Å²) in [6.07, 6.45) is 0. The van der Waals surface area contributed by atoms with Gasteiger partial charge in [0, 0.05) is 29.2 Å². The third kappa shape index (κ3) is 5.36. The number of rotatable bonds is 7. The van der Waals surface area contributed by atoms with E-state index in [9.17, 15) is 9.59 Å². The maximum Gasteiger partial charge on any atom is 0.246 e. The van der Waals surface area contributed by atoms with Crippen molar-refractivity contribution >= 4 is 40.2 Å². The summed E-state index contributed by atoms with van der Waals surface area (Å²) < 4.78 is 5.31. The van der Waals surface area contributed by atoms with Crippen LogP contribution in [0.5, 0.6) is 5.75 Å². The fourth-order valence-corrected chi connectivity index (χ4v) is 3.50. The first-order valence-electron chi connectivity index (χ1n) is 9.41. The largest absolute Gasteiger partial charge is 0.495 e. The summed E-state index contributed by atoms with van der Waals surface area (Å²) in [7, 11) is 1.52. The minimum absolute atomic E-state index is 0.191. The number of carbonyl (C=O) groups excluding carboxylic acids is 2. The first-order chi connectivity index (χ1) is 14.4. The molecule has 0 aliphatic rings. The van der Waals surface area contributed by atoms with Crippen LogP contribution in [-0.4, -0.2) is 29.9 Å². The van der Waals surface area contributed by atoms with Crippen molar-refractivity contribution in [3.8, 4) is 17.0 Å². The number of carbonyl (C=O) groups is 2. The molecular weight excluding hydrogens is 400 g/mol. The van der Waals surface area contributed by atoms with Crippen molar-refractivity contribution in [3.63, 3.8) is 0 Å². The van der Waals surface area contributed by atoms with E-state index in [0.29, 0.717) is 17.1 Å². The molecule has 7 nitrogen and oxygen atoms in total. The Bertz CT molecular complexity index is 1050. The van der Waals surface area contributed by atoms with Crippen molar-refractivity contribution in [2.75, 3.05) is 23.1 Å². The van der Waals surface area contributed by atoms with Gasteiger partial charge in [0.05, 0.1) is 23.5 Å². The number of amides is 2. The third-order valence-corrected chi connectivity index (χ3v) is 5.13. The van der Waals surface area contributed by atoms with Gasteiger partial charge in [0.25, 0.3) is 0 Å². The molecule has 2 amide bonds. The van der Waals surface area contributed by atoms with Gasteiger partial charge in [0.1, 0.15) is 11.8 Å². The predicted molar refractivity (Wildman–Crippen MR) is 121 cm³/mol. The first-order valence-corrected chi connectivity index (χ1v) is 10.3. The zero-order valence-corrected chi connectivity index (χ0v) is 18.1. The van der Waals surface area contributed by atoms with Crippen LogP contribution in [0.3, 0.4) is 0 Å². The van der Waals surface area contributed by atoms with E-state index in [2.05, 4.69) is 20.9 Å². The van der Waals surface area contributed by atoms with Gasteiger partial charge in [-0.2, -0.15) is 0 Å². The molecule has 3 aromatic rings. The molecule has 8 heteroatoms. The average Bonchev–Trinajstić information content (AvgIpc) is 3.14. The highest BCUT2D eigenvalue weighted by Gasteiger charge is 2.16. The Balaban J connectivity index is 1.66. The standard InChI is InChI=1S/C22H24N4O3S/c1-13(23-17-7-5-16(6-8-17)20-12-30-15(3)25-20)22(28)26-19-11-18(24-14(2)27)9-10-21(19)29-4/h5-13,23H,1-4H3,(H,24,27)(H,26,28). The summed E-state index contributed by atoms with van der Waals surface area (Å²) in [4.78, 5) is 28.5. The van der Waals surface area contributed by atoms with E-state index in [1.54, 1.807) is 36.5 Å². The molecule has 3 rings (SSSR count). The van der Waals surface area contributed by atoms with Gasteiger partial charge >= 0.3 is 0 Å². The second-order valence-corrected chi connectivity index (χ2v) is 7.84. The Morgan fingerprint density at radius 1 is 1.07 bits per heavy atom. The third-order valence-electron chi connectivity index (χ3n) is 4.35. The molecule has 0 aliphatic carbocycles. The molecule has 2 aromatic carbocycles. The molecule has 0 saturated heterocycles. The van der Waals surface area contributed by atoms with Crippen molar-refractivity contribution < 1.29 is 14.3 Å². The van der Waals surface area contributed by atoms with E-state index in [-0.39, 0.29) is 11.8 Å². The van der Waals surface area contributed by atoms with E-state index >= 15 is 0 Å². The molecule has 156 valence electrons. The zero-order chi connectivity index (χ0) is 21.7. The molecule has 0 bridgehead atoms. The Labute approximate surface area is 179 Å². The van der Waals surface area contributed by atoms with E-state index in [0.717, 1.165) is 22.0 Å². The second kappa shape index (κ2) is 9.41. The second-order valence-electron chi connectivity index (χ2n) is 6.78. The average molecular weight is 425 g/mol. The van der Waals surface area contributed by atoms with Crippen molar-refractivity contribution in [3.05, 3.63) is 52.9 Å². The monoisotopic (exact) mass is 424 g/mol. The molecule has 1 atom stereocenters. The number of aryl methyl sites for hydroxylation is 1. The van der Waals surface area contributed by atoms with Gasteiger partial charge in [-0.3, -0.25) is 9.59 Å². The fourth-order valence-electron chi connectivity index (χ4n) is 2.88. The number of thiazole rings is 1. The van der Waals surface area contributed by atoms with Crippen molar-refractivity contribution in [2.45, 2.75) is 26.8 Å². The first kappa shape index (κ1) is 21.3. The Morgan fingerprint density at radius 3 is 2.37 bits per heavy atom. The lowest BCUT2D eigenvalue weighted by molar-refractivity contribution is -0.116. The summed E-state index contributed by atoms with van der Waals surface area (Å²) >= 11 is 1.61. The molecule has 30 heavy (non-hydrogen) atoms. The maximum absolute atomic E-state index is 12.7. The van der Waals surface area contributed by atoms with Crippen LogP contribution in [-0.2, 0) is 9.59 Å². The van der Waals surface area contributed by atoms with Gasteiger partial charge in [0.2, 0.25) is 11.8 Å². The molecule has 0 radical (unpaired) electrons. The molecule has 1 aromatic heterocycles. The van der Waals surface area contributed by atoms with Crippen LogP contribution in [0.2, 0.25) is 0 Å². The van der Waals surface area contributed by atoms with Crippen LogP contribution < -0.4 is 20.7 Å². The van der Waals surface area contributed by atoms with Crippen LogP contribution >= 0.6 is 11.3 Å². The number of anilines is 3. The van der Waals surface area contributed by atoms with Crippen molar-refractivity contribution in [1.82, 2.24) is 4.98 Å². The quantitative estimate of drug-likeness (QED) is 0.518. The SMILES string of the molecule is COc1ccc(NC(C)=O)cc1NC(=O)C(C)Nc1ccc(-c2csc(C)n2)cc1. The van der Waals surface area contributed by atoms with Gasteiger partial charge < -0.3 is 20.7 Å². The summed E-state index contributed by atoms with van der Waals surface area (Å²) in [5, 5.41) is 11.8. The summed E-state index contributed by atoms with van der Waals surface area (Å²) in [5.74, 6) is 0.0868. The minimum Gasteiger partial charge on any atom is -0.495 e. The van der Waals surface area contributed by atoms with Crippen LogP contribution in [0.15, 0.2) is 47.8 Å². The predicted octanol–water partition coefficient (Wildman–Crippen LogP) is 4.52. The lowest BCUT2D eigenvalue weighted by Gasteiger charge is -2.17. The fraction of sp³-hybridized carbons (Fsp3) is 0.227. The lowest BCUT2D eigenvalue weighted by Crippen LogP contribution is -2.32. The van der Waals surface area contributed by atoms with Crippen LogP contribution in [0.1, 0.15) is 18.9 Å². The van der Waals surface area contributed by atoms with Crippen molar-refractivity contribution in [1.29, 1.82) is 0 Å². The number of ether oxygens (including phenoxy) is 1.